The Morgan fingerprint density at radius 1 is 1.14 bits per heavy atom. The number of carboxylic acid groups (broad SMARTS) is 1. The molecule has 0 spiro atoms. The quantitative estimate of drug-likeness (QED) is 0.868. The van der Waals surface area contributed by atoms with Gasteiger partial charge in [-0.3, -0.25) is 0 Å². The molecule has 1 aromatic carbocycles. The largest absolute Gasteiger partial charge is 0.478 e. The van der Waals surface area contributed by atoms with Crippen LogP contribution in [0.2, 0.25) is 0 Å². The van der Waals surface area contributed by atoms with E-state index in [1.807, 2.05) is 32.9 Å². The zero-order valence-electron chi connectivity index (χ0n) is 12.6. The van der Waals surface area contributed by atoms with Gasteiger partial charge in [0.1, 0.15) is 5.82 Å². The third kappa shape index (κ3) is 4.05. The topological polar surface area (TPSA) is 62.2 Å². The molecule has 0 saturated heterocycles. The van der Waals surface area contributed by atoms with E-state index in [0.29, 0.717) is 5.82 Å². The second kappa shape index (κ2) is 6.39. The first-order valence-electron chi connectivity index (χ1n) is 7.07. The van der Waals surface area contributed by atoms with Crippen LogP contribution >= 0.6 is 0 Å². The average molecular weight is 284 g/mol. The lowest BCUT2D eigenvalue weighted by Crippen LogP contribution is -2.04. The lowest BCUT2D eigenvalue weighted by atomic mass is 10.1. The second-order valence-corrected chi connectivity index (χ2v) is 5.29. The minimum absolute atomic E-state index is 0.264. The summed E-state index contributed by atoms with van der Waals surface area (Å²) in [5.74, 6) is -0.360. The molecule has 0 aliphatic carbocycles. The molecule has 0 unspecified atom stereocenters. The summed E-state index contributed by atoms with van der Waals surface area (Å²) in [4.78, 5) is 15.7. The van der Waals surface area contributed by atoms with E-state index in [9.17, 15) is 9.90 Å². The molecule has 0 fully saturated rings. The van der Waals surface area contributed by atoms with Gasteiger partial charge in [0.2, 0.25) is 0 Å². The number of aromatic carboxylic acids is 1. The van der Waals surface area contributed by atoms with E-state index in [-0.39, 0.29) is 5.56 Å². The molecule has 21 heavy (non-hydrogen) atoms. The highest BCUT2D eigenvalue weighted by Crippen LogP contribution is 2.20. The fourth-order valence-electron chi connectivity index (χ4n) is 2.35. The van der Waals surface area contributed by atoms with Crippen molar-refractivity contribution < 1.29 is 9.90 Å². The molecule has 0 aliphatic rings. The van der Waals surface area contributed by atoms with Crippen LogP contribution in [-0.2, 0) is 6.42 Å². The molecule has 2 rings (SSSR count). The predicted molar refractivity (Wildman–Crippen MR) is 84.4 cm³/mol. The number of pyridine rings is 1. The van der Waals surface area contributed by atoms with Crippen molar-refractivity contribution in [1.29, 1.82) is 0 Å². The third-order valence-corrected chi connectivity index (χ3v) is 3.13. The number of carboxylic acids is 1. The van der Waals surface area contributed by atoms with Gasteiger partial charge in [-0.2, -0.15) is 0 Å². The van der Waals surface area contributed by atoms with Crippen molar-refractivity contribution in [3.8, 4) is 0 Å². The zero-order chi connectivity index (χ0) is 15.4. The number of rotatable bonds is 5. The number of hydrogen-bond acceptors (Lipinski definition) is 3. The highest BCUT2D eigenvalue weighted by atomic mass is 16.4. The lowest BCUT2D eigenvalue weighted by molar-refractivity contribution is 0.0696. The van der Waals surface area contributed by atoms with Gasteiger partial charge >= 0.3 is 5.97 Å². The summed E-state index contributed by atoms with van der Waals surface area (Å²) < 4.78 is 0. The van der Waals surface area contributed by atoms with Gasteiger partial charge in [0.05, 0.1) is 5.56 Å². The number of hydrogen-bond donors (Lipinski definition) is 2. The molecule has 110 valence electrons. The molecule has 1 aromatic heterocycles. The first-order valence-corrected chi connectivity index (χ1v) is 7.07. The number of nitrogens with one attached hydrogen (secondary N) is 1. The standard InChI is InChI=1S/C17H20N2O2/c1-4-5-14-9-13(17(20)21)10-16(18-14)19-15-7-11(2)6-12(3)8-15/h6-10H,4-5H2,1-3H3,(H,18,19)(H,20,21). The summed E-state index contributed by atoms with van der Waals surface area (Å²) in [6, 6.07) is 9.33. The molecule has 0 bridgehead atoms. The summed E-state index contributed by atoms with van der Waals surface area (Å²) in [5, 5.41) is 12.4. The maximum atomic E-state index is 11.2. The van der Waals surface area contributed by atoms with Gasteiger partial charge in [-0.05, 0) is 55.7 Å². The Kier molecular flexibility index (Phi) is 4.58. The van der Waals surface area contributed by atoms with Gasteiger partial charge in [0.25, 0.3) is 0 Å². The lowest BCUT2D eigenvalue weighted by Gasteiger charge is -2.10. The van der Waals surface area contributed by atoms with Crippen LogP contribution in [0.5, 0.6) is 0 Å². The molecule has 0 radical (unpaired) electrons. The van der Waals surface area contributed by atoms with Gasteiger partial charge in [-0.15, -0.1) is 0 Å². The van der Waals surface area contributed by atoms with E-state index in [0.717, 1.165) is 35.3 Å². The normalized spacial score (nSPS) is 10.4. The molecule has 0 atom stereocenters. The van der Waals surface area contributed by atoms with Crippen LogP contribution in [0.15, 0.2) is 30.3 Å². The molecule has 0 amide bonds. The summed E-state index contributed by atoms with van der Waals surface area (Å²) in [7, 11) is 0. The van der Waals surface area contributed by atoms with E-state index in [2.05, 4.69) is 16.4 Å². The Balaban J connectivity index is 2.35. The maximum absolute atomic E-state index is 11.2. The van der Waals surface area contributed by atoms with Crippen LogP contribution in [0, 0.1) is 13.8 Å². The Labute approximate surface area is 124 Å². The van der Waals surface area contributed by atoms with Crippen LogP contribution in [0.4, 0.5) is 11.5 Å². The van der Waals surface area contributed by atoms with Crippen molar-refractivity contribution in [3.05, 3.63) is 52.7 Å². The minimum atomic E-state index is -0.932. The molecule has 2 N–H and O–H groups in total. The number of carbonyl (C=O) groups is 1. The Hall–Kier alpha value is -2.36. The highest BCUT2D eigenvalue weighted by Gasteiger charge is 2.09. The highest BCUT2D eigenvalue weighted by molar-refractivity contribution is 5.88. The number of anilines is 2. The monoisotopic (exact) mass is 284 g/mol. The molecular weight excluding hydrogens is 264 g/mol. The fourth-order valence-corrected chi connectivity index (χ4v) is 2.35. The molecule has 2 aromatic rings. The average Bonchev–Trinajstić information content (AvgIpc) is 2.37. The minimum Gasteiger partial charge on any atom is -0.478 e. The third-order valence-electron chi connectivity index (χ3n) is 3.13. The smallest absolute Gasteiger partial charge is 0.335 e. The van der Waals surface area contributed by atoms with Crippen LogP contribution in [0.3, 0.4) is 0 Å². The van der Waals surface area contributed by atoms with Gasteiger partial charge in [0.15, 0.2) is 0 Å². The van der Waals surface area contributed by atoms with Crippen LogP contribution < -0.4 is 5.32 Å². The van der Waals surface area contributed by atoms with Crippen molar-refractivity contribution in [2.45, 2.75) is 33.6 Å². The van der Waals surface area contributed by atoms with Crippen LogP contribution in [0.1, 0.15) is 40.5 Å². The Bertz CT molecular complexity index is 646. The van der Waals surface area contributed by atoms with Gasteiger partial charge in [-0.25, -0.2) is 9.78 Å². The summed E-state index contributed by atoms with van der Waals surface area (Å²) in [5.41, 5.74) is 4.29. The van der Waals surface area contributed by atoms with E-state index >= 15 is 0 Å². The second-order valence-electron chi connectivity index (χ2n) is 5.29. The summed E-state index contributed by atoms with van der Waals surface area (Å²) >= 11 is 0. The van der Waals surface area contributed by atoms with Gasteiger partial charge < -0.3 is 10.4 Å². The van der Waals surface area contributed by atoms with E-state index in [1.54, 1.807) is 12.1 Å². The number of benzene rings is 1. The fraction of sp³-hybridized carbons (Fsp3) is 0.294. The molecule has 0 saturated carbocycles. The van der Waals surface area contributed by atoms with Gasteiger partial charge in [0, 0.05) is 11.4 Å². The zero-order valence-corrected chi connectivity index (χ0v) is 12.6. The number of aryl methyl sites for hydroxylation is 3. The first-order chi connectivity index (χ1) is 9.97. The number of nitrogens with zero attached hydrogens (tertiary/aromatic N) is 1. The van der Waals surface area contributed by atoms with Crippen molar-refractivity contribution in [2.75, 3.05) is 5.32 Å². The van der Waals surface area contributed by atoms with Gasteiger partial charge in [-0.1, -0.05) is 19.4 Å². The van der Waals surface area contributed by atoms with E-state index < -0.39 is 5.97 Å². The van der Waals surface area contributed by atoms with Crippen molar-refractivity contribution in [1.82, 2.24) is 4.98 Å². The van der Waals surface area contributed by atoms with E-state index in [4.69, 9.17) is 0 Å². The maximum Gasteiger partial charge on any atom is 0.335 e. The molecule has 1 heterocycles. The van der Waals surface area contributed by atoms with Crippen molar-refractivity contribution in [3.63, 3.8) is 0 Å². The van der Waals surface area contributed by atoms with Crippen LogP contribution in [-0.4, -0.2) is 16.1 Å². The Morgan fingerprint density at radius 3 is 2.38 bits per heavy atom. The summed E-state index contributed by atoms with van der Waals surface area (Å²) in [6.07, 6.45) is 1.70. The SMILES string of the molecule is CCCc1cc(C(=O)O)cc(Nc2cc(C)cc(C)c2)n1. The molecule has 0 aliphatic heterocycles. The van der Waals surface area contributed by atoms with E-state index in [1.165, 1.54) is 0 Å². The van der Waals surface area contributed by atoms with Crippen LogP contribution in [0.25, 0.3) is 0 Å². The Morgan fingerprint density at radius 2 is 1.81 bits per heavy atom. The number of aromatic nitrogens is 1. The molecule has 4 heteroatoms. The first kappa shape index (κ1) is 15.0. The molecule has 4 nitrogen and oxygen atoms in total. The predicted octanol–water partition coefficient (Wildman–Crippen LogP) is 4.09. The molecular formula is C17H20N2O2. The van der Waals surface area contributed by atoms with Crippen molar-refractivity contribution >= 4 is 17.5 Å². The summed E-state index contributed by atoms with van der Waals surface area (Å²) in [6.45, 7) is 6.11. The van der Waals surface area contributed by atoms with Crippen molar-refractivity contribution in [2.24, 2.45) is 0 Å².